The molecule has 6 saturated heterocycles. The number of nitrogens with zero attached hydrogens (tertiary/aromatic N) is 8. The molecule has 6 aromatic carbocycles. The molecule has 6 fully saturated rings. The molecule has 7 N–H and O–H groups in total. The minimum absolute atomic E-state index is 0.0132. The Morgan fingerprint density at radius 1 is 0.418 bits per heavy atom. The minimum atomic E-state index is -4.48. The topological polar surface area (TPSA) is 326 Å². The summed E-state index contributed by atoms with van der Waals surface area (Å²) in [4.78, 5) is 28.4. The number of carbonyl (C=O) groups excluding carboxylic acids is 2. The van der Waals surface area contributed by atoms with Crippen molar-refractivity contribution in [1.29, 1.82) is 0 Å². The van der Waals surface area contributed by atoms with Gasteiger partial charge in [-0.05, 0) is 219 Å². The van der Waals surface area contributed by atoms with E-state index in [4.69, 9.17) is 44.3 Å². The first kappa shape index (κ1) is 109. The molecule has 2 amide bonds. The number of amides is 2. The van der Waals surface area contributed by atoms with Crippen molar-refractivity contribution in [3.63, 3.8) is 0 Å². The number of terminal acetylenes is 1. The van der Waals surface area contributed by atoms with Crippen LogP contribution in [0.5, 0.6) is 17.2 Å². The predicted molar refractivity (Wildman–Crippen MR) is 531 cm³/mol. The van der Waals surface area contributed by atoms with Gasteiger partial charge in [-0.1, -0.05) is 36.0 Å². The van der Waals surface area contributed by atoms with Gasteiger partial charge in [0.1, 0.15) is 48.1 Å². The molecule has 6 aliphatic rings. The summed E-state index contributed by atoms with van der Waals surface area (Å²) in [5, 5.41) is 25.0. The van der Waals surface area contributed by atoms with Gasteiger partial charge in [0.05, 0.1) is 144 Å². The number of rotatable bonds is 24. The highest BCUT2D eigenvalue weighted by atomic mass is 127. The fourth-order valence-corrected chi connectivity index (χ4v) is 21.6. The lowest BCUT2D eigenvalue weighted by Gasteiger charge is -2.34. The first-order valence-electron chi connectivity index (χ1n) is 45.9. The summed E-state index contributed by atoms with van der Waals surface area (Å²) >= 11 is 1.94. The maximum atomic E-state index is 13.7. The van der Waals surface area contributed by atoms with Gasteiger partial charge in [0.2, 0.25) is 30.1 Å². The lowest BCUT2D eigenvalue weighted by molar-refractivity contribution is -0.141. The van der Waals surface area contributed by atoms with E-state index in [0.29, 0.717) is 164 Å². The number of aromatic nitrogens is 3. The summed E-state index contributed by atoms with van der Waals surface area (Å²) in [6.45, 7) is 16.0. The number of halogens is 10. The highest BCUT2D eigenvalue weighted by Crippen LogP contribution is 2.39. The van der Waals surface area contributed by atoms with Crippen LogP contribution in [0, 0.1) is 39.7 Å². The molecule has 0 aliphatic carbocycles. The van der Waals surface area contributed by atoms with Crippen molar-refractivity contribution in [2.75, 3.05) is 191 Å². The summed E-state index contributed by atoms with van der Waals surface area (Å²) in [6, 6.07) is 35.1. The van der Waals surface area contributed by atoms with Crippen molar-refractivity contribution < 1.29 is 112 Å². The van der Waals surface area contributed by atoms with Crippen molar-refractivity contribution in [3.05, 3.63) is 142 Å². The number of piperidine rings is 3. The van der Waals surface area contributed by atoms with Gasteiger partial charge in [-0.15, -0.1) is 6.42 Å². The van der Waals surface area contributed by atoms with Crippen molar-refractivity contribution in [2.45, 2.75) is 162 Å². The monoisotopic (exact) mass is 2140 g/mol. The quantitative estimate of drug-likeness (QED) is 0.0168. The van der Waals surface area contributed by atoms with Gasteiger partial charge < -0.3 is 98.6 Å². The minimum Gasteiger partial charge on any atom is -0.495 e. The first-order valence-corrected chi connectivity index (χ1v) is 51.3. The van der Waals surface area contributed by atoms with Gasteiger partial charge in [-0.25, -0.2) is 34.8 Å². The largest absolute Gasteiger partial charge is 0.495 e. The zero-order valence-corrected chi connectivity index (χ0v) is 84.4. The molecule has 0 spiro atoms. The summed E-state index contributed by atoms with van der Waals surface area (Å²) in [5.41, 5.74) is 4.70. The van der Waals surface area contributed by atoms with Crippen LogP contribution in [0.15, 0.2) is 142 Å². The van der Waals surface area contributed by atoms with E-state index in [9.17, 15) is 74.4 Å². The van der Waals surface area contributed by atoms with Crippen molar-refractivity contribution in [2.24, 2.45) is 0 Å². The van der Waals surface area contributed by atoms with Crippen LogP contribution in [0.25, 0.3) is 32.7 Å². The van der Waals surface area contributed by atoms with E-state index >= 15 is 0 Å². The second kappa shape index (κ2) is 47.9. The number of nitrogens with one attached hydrogen (secondary N) is 7. The normalized spacial score (nSPS) is 16.6. The van der Waals surface area contributed by atoms with E-state index in [1.54, 1.807) is 88.7 Å². The number of carbonyl (C=O) groups is 2. The first-order chi connectivity index (χ1) is 66.8. The van der Waals surface area contributed by atoms with E-state index < -0.39 is 79.4 Å². The number of ether oxygens (including phenoxy) is 8. The van der Waals surface area contributed by atoms with Crippen molar-refractivity contribution >= 4 is 132 Å². The van der Waals surface area contributed by atoms with Gasteiger partial charge in [0.25, 0.3) is 0 Å². The Morgan fingerprint density at radius 3 is 1.04 bits per heavy atom. The third kappa shape index (κ3) is 30.1. The van der Waals surface area contributed by atoms with Crippen LogP contribution >= 0.6 is 22.6 Å². The molecule has 141 heavy (non-hydrogen) atoms. The van der Waals surface area contributed by atoms with Gasteiger partial charge in [0, 0.05) is 135 Å². The van der Waals surface area contributed by atoms with E-state index in [0.717, 1.165) is 60.1 Å². The number of sulfonamides is 3. The summed E-state index contributed by atoms with van der Waals surface area (Å²) in [6.07, 6.45) is -3.98. The SMILES string of the molecule is C#CCNc1ccc(S(=O)(=O)N2CCOCC2)cc1OC.CC(C)(C)OC(=O)N1CCC(Nc2cccc3c2cc(I)n3CC(F)(F)F)CC1.COc1cc(S(=O)(=O)N2CCOCC2)ccc1NCC#Cc1cc2c(NC3CCN(C(=O)OC(C)(C)C)CC3)cccc2n1CC(F)(F)F.COc1cc(S(=O)(=O)N2CCOCC2)ccc1NCC#Cc1cc2c(NC3CCNCC3)cccc2n1CC(F)(F)F. The standard InChI is InChI=1S/C34H42F3N5O6S.C29H34F3N5O4S.C20H25F3IN3O2.C14H18N2O4S/c1-33(2,3)48-32(43)40-15-12-24(13-16-40)39-28-8-5-9-30-27(28)21-25(42(30)23-34(35,36)37)7-6-14-38-29-11-10-26(22-31(29)46-4)49(44,45)41-17-19-47-20-18-41;1-40-28-19-23(42(38,39)36-14-16-41-17-15-36)7-8-26(28)34-11-3-4-22-18-24-25(35-21-9-12-33-13-10-21)5-2-6-27(24)37(22)20-29(30,31)32;1-19(2,3)29-18(28)26-9-7-13(8-10-26)25-15-5-4-6-16-14(15)11-17(24)27(16)12-20(21,22)23;1-3-6-15-13-5-4-12(11-14(13)19-2)21(17,18)16-7-9-20-10-8-16/h5,8-11,21-22,24,38-39H,12-20,23H2,1-4H3;2,5-8,18-19,21,33-35H,9-17,20H2,1H3;4-6,11,13,25H,7-10,12H2,1-3H3;1,4-5,11,15H,6-10H2,2H3. The Labute approximate surface area is 829 Å². The molecule has 9 heterocycles. The zero-order valence-electron chi connectivity index (χ0n) is 79.8. The Morgan fingerprint density at radius 2 is 0.723 bits per heavy atom. The van der Waals surface area contributed by atoms with Crippen LogP contribution in [0.3, 0.4) is 0 Å². The fraction of sp³-hybridized carbons (Fsp3) is 0.485. The molecule has 6 aliphatic heterocycles. The molecule has 0 saturated carbocycles. The third-order valence-corrected chi connectivity index (χ3v) is 30.0. The molecule has 9 aromatic rings. The Kier molecular flexibility index (Phi) is 37.0. The second-order valence-electron chi connectivity index (χ2n) is 35.8. The van der Waals surface area contributed by atoms with Gasteiger partial charge >= 0.3 is 30.7 Å². The highest BCUT2D eigenvalue weighted by molar-refractivity contribution is 14.1. The lowest BCUT2D eigenvalue weighted by Crippen LogP contribution is -2.44. The molecule has 766 valence electrons. The van der Waals surface area contributed by atoms with E-state index in [1.165, 1.54) is 73.7 Å². The fourth-order valence-electron chi connectivity index (χ4n) is 16.6. The number of likely N-dealkylation sites (tertiary alicyclic amines) is 2. The van der Waals surface area contributed by atoms with Crippen LogP contribution < -0.4 is 51.4 Å². The number of alkyl halides is 9. The number of hydrogen-bond donors (Lipinski definition) is 7. The Bertz CT molecular complexity index is 6360. The van der Waals surface area contributed by atoms with E-state index in [2.05, 4.69) is 66.8 Å². The molecular formula is C97H119F9IN15O16S3. The number of hydrogen-bond acceptors (Lipinski definition) is 23. The van der Waals surface area contributed by atoms with Crippen LogP contribution in [-0.2, 0) is 73.4 Å². The zero-order chi connectivity index (χ0) is 102. The number of anilines is 6. The molecule has 0 bridgehead atoms. The van der Waals surface area contributed by atoms with Gasteiger partial charge in [-0.3, -0.25) is 0 Å². The average Bonchev–Trinajstić information content (AvgIpc) is 1.69. The molecule has 0 unspecified atom stereocenters. The van der Waals surface area contributed by atoms with E-state index in [1.807, 2.05) is 82.3 Å². The summed E-state index contributed by atoms with van der Waals surface area (Å²) in [5.74, 6) is 15.1. The van der Waals surface area contributed by atoms with Gasteiger partial charge in [0.15, 0.2) is 0 Å². The summed E-state index contributed by atoms with van der Waals surface area (Å²) in [7, 11) is -6.62. The highest BCUT2D eigenvalue weighted by Gasteiger charge is 2.37. The molecule has 31 nitrogen and oxygen atoms in total. The maximum absolute atomic E-state index is 13.7. The van der Waals surface area contributed by atoms with E-state index in [-0.39, 0.29) is 101 Å². The molecule has 0 atom stereocenters. The third-order valence-electron chi connectivity index (χ3n) is 23.4. The lowest BCUT2D eigenvalue weighted by atomic mass is 10.0. The number of benzene rings is 6. The van der Waals surface area contributed by atoms with Crippen molar-refractivity contribution in [1.82, 2.24) is 41.7 Å². The van der Waals surface area contributed by atoms with Crippen LogP contribution in [0.1, 0.15) is 91.5 Å². The predicted octanol–water partition coefficient (Wildman–Crippen LogP) is 15.7. The van der Waals surface area contributed by atoms with Crippen LogP contribution in [0.2, 0.25) is 0 Å². The molecule has 0 radical (unpaired) electrons. The van der Waals surface area contributed by atoms with Crippen molar-refractivity contribution in [3.8, 4) is 53.3 Å². The van der Waals surface area contributed by atoms with Gasteiger partial charge in [-0.2, -0.15) is 52.4 Å². The Balaban J connectivity index is 0.000000175. The smallest absolute Gasteiger partial charge is 0.410 e. The Hall–Kier alpha value is -11.0. The van der Waals surface area contributed by atoms with Crippen LogP contribution in [0.4, 0.5) is 83.2 Å². The molecular weight excluding hydrogens is 2030 g/mol. The second-order valence-corrected chi connectivity index (χ2v) is 42.7. The van der Waals surface area contributed by atoms with Crippen LogP contribution in [-0.4, -0.2) is 281 Å². The molecule has 44 heteroatoms. The summed E-state index contributed by atoms with van der Waals surface area (Å²) < 4.78 is 249. The number of morpholine rings is 3. The molecule has 3 aromatic heterocycles. The average molecular weight is 2150 g/mol. The maximum Gasteiger partial charge on any atom is 0.410 e. The number of fused-ring (bicyclic) bond motifs is 3. The molecule has 15 rings (SSSR count). The number of methoxy groups -OCH3 is 3.